The van der Waals surface area contributed by atoms with Crippen LogP contribution in [0.5, 0.6) is 0 Å². The minimum Gasteiger partial charge on any atom is -0.243 e. The molecule has 0 aliphatic rings. The van der Waals surface area contributed by atoms with Crippen molar-refractivity contribution in [3.05, 3.63) is 24.3 Å². The van der Waals surface area contributed by atoms with E-state index in [-0.39, 0.29) is 16.9 Å². The summed E-state index contributed by atoms with van der Waals surface area (Å²) in [5.74, 6) is 1.25. The van der Waals surface area contributed by atoms with E-state index >= 15 is 0 Å². The van der Waals surface area contributed by atoms with Crippen molar-refractivity contribution in [2.24, 2.45) is 0 Å². The van der Waals surface area contributed by atoms with Crippen LogP contribution in [0.25, 0.3) is 0 Å². The van der Waals surface area contributed by atoms with Gasteiger partial charge in [0.25, 0.3) is 0 Å². The van der Waals surface area contributed by atoms with Gasteiger partial charge in [-0.25, -0.2) is 14.8 Å². The zero-order valence-electron chi connectivity index (χ0n) is 12.7. The molecule has 7 heteroatoms. The molecule has 0 aromatic carbocycles. The van der Waals surface area contributed by atoms with E-state index < -0.39 is 0 Å². The minimum atomic E-state index is -0.379. The summed E-state index contributed by atoms with van der Waals surface area (Å²) in [6.07, 6.45) is 2.67. The molecule has 2 heterocycles. The van der Waals surface area contributed by atoms with E-state index in [4.69, 9.17) is 0 Å². The van der Waals surface area contributed by atoms with Gasteiger partial charge in [-0.05, 0) is 0 Å². The van der Waals surface area contributed by atoms with Crippen LogP contribution in [0.1, 0.15) is 53.2 Å². The Hall–Kier alpha value is -2.05. The van der Waals surface area contributed by atoms with Crippen LogP contribution in [-0.4, -0.2) is 35.6 Å². The fourth-order valence-corrected chi connectivity index (χ4v) is 1.65. The van der Waals surface area contributed by atoms with E-state index in [1.165, 1.54) is 17.3 Å². The molecule has 2 aromatic heterocycles. The zero-order chi connectivity index (χ0) is 15.1. The predicted octanol–water partition coefficient (Wildman–Crippen LogP) is 1.98. The summed E-state index contributed by atoms with van der Waals surface area (Å²) in [5.41, 5.74) is -0.527. The van der Waals surface area contributed by atoms with Gasteiger partial charge in [-0.1, -0.05) is 41.5 Å². The van der Waals surface area contributed by atoms with E-state index in [1.807, 2.05) is 41.5 Å². The molecule has 20 heavy (non-hydrogen) atoms. The fraction of sp³-hybridized carbons (Fsp3) is 0.615. The first-order valence-corrected chi connectivity index (χ1v) is 6.48. The van der Waals surface area contributed by atoms with Crippen molar-refractivity contribution < 1.29 is 4.79 Å². The quantitative estimate of drug-likeness (QED) is 0.735. The van der Waals surface area contributed by atoms with E-state index in [0.29, 0.717) is 11.6 Å². The highest BCUT2D eigenvalue weighted by Crippen LogP contribution is 2.25. The summed E-state index contributed by atoms with van der Waals surface area (Å²) >= 11 is 0. The van der Waals surface area contributed by atoms with E-state index in [0.717, 1.165) is 4.68 Å². The number of hydrogen-bond acceptors (Lipinski definition) is 5. The van der Waals surface area contributed by atoms with Gasteiger partial charge in [0.1, 0.15) is 18.5 Å². The first kappa shape index (κ1) is 14.4. The second-order valence-corrected chi connectivity index (χ2v) is 6.79. The van der Waals surface area contributed by atoms with Gasteiger partial charge in [0.15, 0.2) is 5.82 Å². The molecule has 0 saturated heterocycles. The van der Waals surface area contributed by atoms with Gasteiger partial charge in [-0.2, -0.15) is 14.5 Å². The van der Waals surface area contributed by atoms with E-state index in [9.17, 15) is 4.79 Å². The molecule has 0 atom stereocenters. The molecular formula is C13H20N6O. The molecule has 0 amide bonds. The Balaban J connectivity index is 2.57. The first-order valence-electron chi connectivity index (χ1n) is 6.48. The lowest BCUT2D eigenvalue weighted by atomic mass is 9.94. The molecule has 0 saturated carbocycles. The molecular weight excluding hydrogens is 256 g/mol. The highest BCUT2D eigenvalue weighted by Gasteiger charge is 2.30. The lowest BCUT2D eigenvalue weighted by Crippen LogP contribution is -2.28. The van der Waals surface area contributed by atoms with Gasteiger partial charge in [0.05, 0.1) is 0 Å². The Kier molecular flexibility index (Phi) is 3.23. The molecule has 0 bridgehead atoms. The summed E-state index contributed by atoms with van der Waals surface area (Å²) in [4.78, 5) is 20.8. The third kappa shape index (κ3) is 2.61. The summed E-state index contributed by atoms with van der Waals surface area (Å²) in [7, 11) is 0. The molecule has 0 radical (unpaired) electrons. The maximum atomic E-state index is 12.4. The van der Waals surface area contributed by atoms with Crippen molar-refractivity contribution in [3.8, 4) is 0 Å². The topological polar surface area (TPSA) is 78.5 Å². The van der Waals surface area contributed by atoms with Crippen LogP contribution in [0.3, 0.4) is 0 Å². The van der Waals surface area contributed by atoms with Crippen LogP contribution in [-0.2, 0) is 10.8 Å². The summed E-state index contributed by atoms with van der Waals surface area (Å²) in [6.45, 7) is 12.0. The van der Waals surface area contributed by atoms with Crippen LogP contribution in [0, 0.1) is 0 Å². The predicted molar refractivity (Wildman–Crippen MR) is 73.6 cm³/mol. The Bertz CT molecular complexity index is 612. The average molecular weight is 276 g/mol. The number of aromatic nitrogens is 6. The van der Waals surface area contributed by atoms with Crippen molar-refractivity contribution in [2.45, 2.75) is 52.4 Å². The molecule has 7 nitrogen and oxygen atoms in total. The molecule has 0 N–H and O–H groups in total. The molecule has 0 spiro atoms. The number of hydrogen-bond donors (Lipinski definition) is 0. The van der Waals surface area contributed by atoms with Gasteiger partial charge in [0, 0.05) is 10.8 Å². The van der Waals surface area contributed by atoms with Crippen LogP contribution in [0.4, 0.5) is 4.79 Å². The lowest BCUT2D eigenvalue weighted by molar-refractivity contribution is 0.235. The number of carbonyl (C=O) groups is 1. The summed E-state index contributed by atoms with van der Waals surface area (Å²) < 4.78 is 2.46. The fourth-order valence-electron chi connectivity index (χ4n) is 1.65. The van der Waals surface area contributed by atoms with Gasteiger partial charge in [-0.15, -0.1) is 5.10 Å². The highest BCUT2D eigenvalue weighted by molar-refractivity contribution is 5.77. The Morgan fingerprint density at radius 3 is 2.20 bits per heavy atom. The molecule has 0 aliphatic heterocycles. The van der Waals surface area contributed by atoms with Crippen LogP contribution in [0.15, 0.2) is 12.7 Å². The monoisotopic (exact) mass is 276 g/mol. The molecule has 0 unspecified atom stereocenters. The van der Waals surface area contributed by atoms with E-state index in [2.05, 4.69) is 20.2 Å². The number of rotatable bonds is 0. The second kappa shape index (κ2) is 4.50. The van der Waals surface area contributed by atoms with Crippen molar-refractivity contribution >= 4 is 6.03 Å². The normalized spacial score (nSPS) is 12.7. The number of nitrogens with zero attached hydrogens (tertiary/aromatic N) is 6. The highest BCUT2D eigenvalue weighted by atomic mass is 16.2. The Morgan fingerprint density at radius 1 is 1.10 bits per heavy atom. The first-order chi connectivity index (χ1) is 9.10. The van der Waals surface area contributed by atoms with Gasteiger partial charge in [0.2, 0.25) is 0 Å². The average Bonchev–Trinajstić information content (AvgIpc) is 2.96. The largest absolute Gasteiger partial charge is 0.372 e. The standard InChI is InChI=1S/C13H20N6O/c1-12(2,3)9-16-10(13(4,5)6)19(17-9)11(20)18-8-14-7-15-18/h7-8H,1-6H3. The Morgan fingerprint density at radius 2 is 1.75 bits per heavy atom. The molecule has 2 rings (SSSR count). The lowest BCUT2D eigenvalue weighted by Gasteiger charge is -2.17. The molecule has 0 aliphatic carbocycles. The third-order valence-corrected chi connectivity index (χ3v) is 2.74. The number of carbonyl (C=O) groups excluding carboxylic acids is 1. The van der Waals surface area contributed by atoms with E-state index in [1.54, 1.807) is 0 Å². The van der Waals surface area contributed by atoms with Crippen LogP contribution >= 0.6 is 0 Å². The van der Waals surface area contributed by atoms with Crippen LogP contribution in [0.2, 0.25) is 0 Å². The van der Waals surface area contributed by atoms with Crippen molar-refractivity contribution in [2.75, 3.05) is 0 Å². The summed E-state index contributed by atoms with van der Waals surface area (Å²) in [5, 5.41) is 8.23. The smallest absolute Gasteiger partial charge is 0.243 e. The SMILES string of the molecule is CC(C)(C)c1nc(C(C)(C)C)n(C(=O)n2cncn2)n1. The zero-order valence-corrected chi connectivity index (χ0v) is 12.7. The second-order valence-electron chi connectivity index (χ2n) is 6.79. The maximum absolute atomic E-state index is 12.4. The van der Waals surface area contributed by atoms with Crippen LogP contribution < -0.4 is 0 Å². The van der Waals surface area contributed by atoms with Crippen molar-refractivity contribution in [3.63, 3.8) is 0 Å². The van der Waals surface area contributed by atoms with Gasteiger partial charge in [-0.3, -0.25) is 0 Å². The third-order valence-electron chi connectivity index (χ3n) is 2.74. The Labute approximate surface area is 118 Å². The van der Waals surface area contributed by atoms with Crippen molar-refractivity contribution in [1.82, 2.24) is 29.5 Å². The van der Waals surface area contributed by atoms with Crippen molar-refractivity contribution in [1.29, 1.82) is 0 Å². The molecule has 2 aromatic rings. The molecule has 108 valence electrons. The molecule has 0 fully saturated rings. The maximum Gasteiger partial charge on any atom is 0.372 e. The van der Waals surface area contributed by atoms with Gasteiger partial charge >= 0.3 is 6.03 Å². The summed E-state index contributed by atoms with van der Waals surface area (Å²) in [6, 6.07) is -0.379. The minimum absolute atomic E-state index is 0.228. The van der Waals surface area contributed by atoms with Gasteiger partial charge < -0.3 is 0 Å².